The van der Waals surface area contributed by atoms with Crippen molar-refractivity contribution in [2.75, 3.05) is 7.11 Å². The van der Waals surface area contributed by atoms with Crippen LogP contribution in [0.2, 0.25) is 0 Å². The van der Waals surface area contributed by atoms with Gasteiger partial charge in [0.1, 0.15) is 28.1 Å². The lowest BCUT2D eigenvalue weighted by Gasteiger charge is -2.25. The zero-order chi connectivity index (χ0) is 25.4. The van der Waals surface area contributed by atoms with Crippen LogP contribution in [-0.4, -0.2) is 25.0 Å². The molecule has 3 rings (SSSR count). The standard InChI is InChI=1S/C25H24O9/c1-8-25(5,6)22-20(30-7)11-19(33-14(4)28)21-23(29)15-9-17(31-12(2)26)18(32-13(3)27)10-16(15)34-24(21)22/h8-11H,1H2,2-7H3. The molecule has 0 fully saturated rings. The van der Waals surface area contributed by atoms with Gasteiger partial charge in [-0.2, -0.15) is 0 Å². The highest BCUT2D eigenvalue weighted by Gasteiger charge is 2.30. The van der Waals surface area contributed by atoms with Gasteiger partial charge in [0.2, 0.25) is 5.43 Å². The lowest BCUT2D eigenvalue weighted by Crippen LogP contribution is -2.18. The van der Waals surface area contributed by atoms with E-state index in [1.807, 2.05) is 13.8 Å². The van der Waals surface area contributed by atoms with Crippen molar-refractivity contribution in [1.82, 2.24) is 0 Å². The number of carbonyl (C=O) groups excluding carboxylic acids is 3. The Kier molecular flexibility index (Phi) is 6.49. The topological polar surface area (TPSA) is 118 Å². The Morgan fingerprint density at radius 3 is 1.91 bits per heavy atom. The minimum absolute atomic E-state index is 0.0116. The minimum atomic E-state index is -0.724. The average Bonchev–Trinajstić information content (AvgIpc) is 2.72. The largest absolute Gasteiger partial charge is 0.496 e. The Labute approximate surface area is 194 Å². The number of ether oxygens (including phenoxy) is 4. The van der Waals surface area contributed by atoms with Crippen molar-refractivity contribution < 1.29 is 37.7 Å². The maximum Gasteiger partial charge on any atom is 0.308 e. The van der Waals surface area contributed by atoms with Gasteiger partial charge >= 0.3 is 17.9 Å². The van der Waals surface area contributed by atoms with Crippen molar-refractivity contribution in [2.45, 2.75) is 40.0 Å². The van der Waals surface area contributed by atoms with Crippen LogP contribution in [0.1, 0.15) is 40.2 Å². The fourth-order valence-electron chi connectivity index (χ4n) is 3.55. The van der Waals surface area contributed by atoms with Crippen molar-refractivity contribution in [3.63, 3.8) is 0 Å². The van der Waals surface area contributed by atoms with Gasteiger partial charge in [0.05, 0.1) is 12.5 Å². The van der Waals surface area contributed by atoms with Crippen molar-refractivity contribution in [1.29, 1.82) is 0 Å². The molecule has 0 saturated carbocycles. The zero-order valence-corrected chi connectivity index (χ0v) is 19.7. The Bertz CT molecular complexity index is 1410. The van der Waals surface area contributed by atoms with Crippen LogP contribution in [0.5, 0.6) is 23.0 Å². The predicted octanol–water partition coefficient (Wildman–Crippen LogP) is 4.19. The van der Waals surface area contributed by atoms with E-state index in [0.29, 0.717) is 11.3 Å². The molecule has 0 unspecified atom stereocenters. The van der Waals surface area contributed by atoms with E-state index in [1.165, 1.54) is 46.1 Å². The molecule has 1 heterocycles. The maximum atomic E-state index is 13.7. The first-order chi connectivity index (χ1) is 15.9. The quantitative estimate of drug-likeness (QED) is 0.227. The number of methoxy groups -OCH3 is 1. The molecule has 0 amide bonds. The summed E-state index contributed by atoms with van der Waals surface area (Å²) < 4.78 is 27.3. The summed E-state index contributed by atoms with van der Waals surface area (Å²) in [4.78, 5) is 48.6. The highest BCUT2D eigenvalue weighted by molar-refractivity contribution is 5.98. The normalized spacial score (nSPS) is 11.2. The van der Waals surface area contributed by atoms with Crippen molar-refractivity contribution in [3.05, 3.63) is 46.6 Å². The van der Waals surface area contributed by atoms with Gasteiger partial charge in [-0.3, -0.25) is 19.2 Å². The maximum absolute atomic E-state index is 13.7. The Morgan fingerprint density at radius 2 is 1.41 bits per heavy atom. The third-order valence-corrected chi connectivity index (χ3v) is 5.07. The summed E-state index contributed by atoms with van der Waals surface area (Å²) in [5, 5.41) is 0.00279. The first-order valence-corrected chi connectivity index (χ1v) is 10.2. The number of rotatable bonds is 6. The van der Waals surface area contributed by atoms with E-state index >= 15 is 0 Å². The zero-order valence-electron chi connectivity index (χ0n) is 19.7. The highest BCUT2D eigenvalue weighted by Crippen LogP contribution is 2.43. The van der Waals surface area contributed by atoms with Crippen LogP contribution in [0, 0.1) is 0 Å². The summed E-state index contributed by atoms with van der Waals surface area (Å²) in [5.74, 6) is -1.99. The summed E-state index contributed by atoms with van der Waals surface area (Å²) in [5.41, 5.74) is -0.634. The van der Waals surface area contributed by atoms with E-state index in [9.17, 15) is 19.2 Å². The number of benzene rings is 2. The molecule has 0 N–H and O–H groups in total. The van der Waals surface area contributed by atoms with Crippen molar-refractivity contribution in [3.8, 4) is 23.0 Å². The summed E-state index contributed by atoms with van der Waals surface area (Å²) in [6, 6.07) is 3.96. The number of fused-ring (bicyclic) bond motifs is 2. The Morgan fingerprint density at radius 1 is 0.882 bits per heavy atom. The van der Waals surface area contributed by atoms with Crippen molar-refractivity contribution >= 4 is 39.8 Å². The second kappa shape index (κ2) is 9.01. The van der Waals surface area contributed by atoms with E-state index in [2.05, 4.69) is 6.58 Å². The van der Waals surface area contributed by atoms with Gasteiger partial charge in [-0.15, -0.1) is 6.58 Å². The lowest BCUT2D eigenvalue weighted by atomic mass is 9.82. The molecule has 1 aromatic heterocycles. The first-order valence-electron chi connectivity index (χ1n) is 10.2. The molecule has 0 aliphatic heterocycles. The predicted molar refractivity (Wildman–Crippen MR) is 124 cm³/mol. The van der Waals surface area contributed by atoms with E-state index in [-0.39, 0.29) is 39.2 Å². The molecule has 9 heteroatoms. The van der Waals surface area contributed by atoms with Crippen LogP contribution in [0.3, 0.4) is 0 Å². The molecule has 0 aliphatic carbocycles. The molecule has 0 spiro atoms. The van der Waals surface area contributed by atoms with Gasteiger partial charge < -0.3 is 23.4 Å². The highest BCUT2D eigenvalue weighted by atomic mass is 16.6. The number of hydrogen-bond donors (Lipinski definition) is 0. The first kappa shape index (κ1) is 24.5. The Balaban J connectivity index is 2.57. The number of esters is 3. The van der Waals surface area contributed by atoms with Gasteiger partial charge in [-0.1, -0.05) is 19.9 Å². The van der Waals surface area contributed by atoms with Crippen molar-refractivity contribution in [2.24, 2.45) is 0 Å². The number of hydrogen-bond acceptors (Lipinski definition) is 9. The summed E-state index contributed by atoms with van der Waals surface area (Å²) in [6.45, 7) is 11.1. The molecule has 9 nitrogen and oxygen atoms in total. The lowest BCUT2D eigenvalue weighted by molar-refractivity contribution is -0.134. The molecule has 0 saturated heterocycles. The van der Waals surface area contributed by atoms with Crippen LogP contribution in [0.4, 0.5) is 0 Å². The second-order valence-corrected chi connectivity index (χ2v) is 8.09. The fraction of sp³-hybridized carbons (Fsp3) is 0.280. The van der Waals surface area contributed by atoms with Gasteiger partial charge in [0, 0.05) is 43.9 Å². The SMILES string of the molecule is C=CC(C)(C)c1c(OC)cc(OC(C)=O)c2c(=O)c3cc(OC(C)=O)c(OC(C)=O)cc3oc12. The van der Waals surface area contributed by atoms with Crippen LogP contribution in [0.25, 0.3) is 21.9 Å². The average molecular weight is 468 g/mol. The molecule has 0 atom stereocenters. The van der Waals surface area contributed by atoms with Crippen LogP contribution in [0.15, 0.2) is 40.1 Å². The minimum Gasteiger partial charge on any atom is -0.496 e. The molecule has 0 bridgehead atoms. The molecule has 2 aromatic carbocycles. The van der Waals surface area contributed by atoms with Gasteiger partial charge in [-0.25, -0.2) is 0 Å². The van der Waals surface area contributed by atoms with E-state index in [4.69, 9.17) is 23.4 Å². The molecule has 34 heavy (non-hydrogen) atoms. The second-order valence-electron chi connectivity index (χ2n) is 8.09. The molecule has 3 aromatic rings. The van der Waals surface area contributed by atoms with Gasteiger partial charge in [-0.05, 0) is 6.07 Å². The Hall–Kier alpha value is -4.14. The van der Waals surface area contributed by atoms with E-state index in [0.717, 1.165) is 0 Å². The molecule has 0 aliphatic rings. The van der Waals surface area contributed by atoms with Crippen LogP contribution >= 0.6 is 0 Å². The number of allylic oxidation sites excluding steroid dienone is 1. The third kappa shape index (κ3) is 4.50. The molecule has 178 valence electrons. The molecular formula is C25H24O9. The summed E-state index contributed by atoms with van der Waals surface area (Å²) in [6.07, 6.45) is 1.66. The summed E-state index contributed by atoms with van der Waals surface area (Å²) in [7, 11) is 1.44. The summed E-state index contributed by atoms with van der Waals surface area (Å²) >= 11 is 0. The smallest absolute Gasteiger partial charge is 0.308 e. The number of carbonyl (C=O) groups is 3. The van der Waals surface area contributed by atoms with E-state index < -0.39 is 28.8 Å². The van der Waals surface area contributed by atoms with Gasteiger partial charge in [0.15, 0.2) is 11.5 Å². The third-order valence-electron chi connectivity index (χ3n) is 5.07. The molecule has 0 radical (unpaired) electrons. The molecular weight excluding hydrogens is 444 g/mol. The fourth-order valence-corrected chi connectivity index (χ4v) is 3.55. The van der Waals surface area contributed by atoms with Crippen LogP contribution < -0.4 is 24.4 Å². The van der Waals surface area contributed by atoms with Crippen LogP contribution in [-0.2, 0) is 19.8 Å². The van der Waals surface area contributed by atoms with Gasteiger partial charge in [0.25, 0.3) is 0 Å². The monoisotopic (exact) mass is 468 g/mol. The van der Waals surface area contributed by atoms with E-state index in [1.54, 1.807) is 6.08 Å².